The predicted molar refractivity (Wildman–Crippen MR) is 46.6 cm³/mol. The van der Waals surface area contributed by atoms with Gasteiger partial charge in [0.15, 0.2) is 0 Å². The quantitative estimate of drug-likeness (QED) is 0.439. The predicted octanol–water partition coefficient (Wildman–Crippen LogP) is 1.78. The van der Waals surface area contributed by atoms with Crippen LogP contribution in [-0.2, 0) is 0 Å². The van der Waals surface area contributed by atoms with Gasteiger partial charge in [0.1, 0.15) is 0 Å². The highest BCUT2D eigenvalue weighted by molar-refractivity contribution is 8.03. The third-order valence-electron chi connectivity index (χ3n) is 1.64. The van der Waals surface area contributed by atoms with Gasteiger partial charge in [-0.1, -0.05) is 6.42 Å². The Morgan fingerprint density at radius 2 is 1.56 bits per heavy atom. The fourth-order valence-corrected chi connectivity index (χ4v) is 1.49. The lowest BCUT2D eigenvalue weighted by molar-refractivity contribution is 0.291. The number of rotatable bonds is 1. The Morgan fingerprint density at radius 3 is 1.89 bits per heavy atom. The Bertz CT molecular complexity index is 79.1. The van der Waals surface area contributed by atoms with Crippen molar-refractivity contribution < 1.29 is 0 Å². The molecule has 1 fully saturated rings. The first-order valence-electron chi connectivity index (χ1n) is 3.30. The molecule has 1 rings (SSSR count). The van der Waals surface area contributed by atoms with E-state index in [-0.39, 0.29) is 0 Å². The minimum absolute atomic E-state index is 0.870. The number of nitrogens with zero attached hydrogens (tertiary/aromatic N) is 1. The molecule has 1 saturated heterocycles. The van der Waals surface area contributed by atoms with Gasteiger partial charge in [-0.15, -0.1) is 0 Å². The van der Waals surface area contributed by atoms with E-state index < -0.39 is 0 Å². The van der Waals surface area contributed by atoms with Gasteiger partial charge in [-0.3, -0.25) is 0 Å². The Hall–Kier alpha value is 0.660. The molecule has 1 aliphatic heterocycles. The van der Waals surface area contributed by atoms with Crippen LogP contribution in [0, 0.1) is 4.71 Å². The molecule has 0 aromatic rings. The molecule has 0 N–H and O–H groups in total. The molecule has 0 amide bonds. The van der Waals surface area contributed by atoms with Crippen molar-refractivity contribution in [1.29, 1.82) is 0 Å². The molecule has 54 valence electrons. The standard InChI is InChI=1S/C6H12NS2/c8-6(9)7-4-2-1-3-5-7/h8-9H,1-5H2/q-1. The van der Waals surface area contributed by atoms with Gasteiger partial charge in [-0.05, 0) is 25.9 Å². The first-order valence-corrected chi connectivity index (χ1v) is 4.20. The van der Waals surface area contributed by atoms with Crippen molar-refractivity contribution in [2.24, 2.45) is 0 Å². The molecular weight excluding hydrogens is 150 g/mol. The van der Waals surface area contributed by atoms with Crippen molar-refractivity contribution in [3.05, 3.63) is 4.71 Å². The van der Waals surface area contributed by atoms with Crippen molar-refractivity contribution in [2.75, 3.05) is 13.1 Å². The first kappa shape index (κ1) is 7.76. The minimum atomic E-state index is 0.870. The van der Waals surface area contributed by atoms with E-state index in [0.717, 1.165) is 17.8 Å². The van der Waals surface area contributed by atoms with Crippen LogP contribution in [-0.4, -0.2) is 18.0 Å². The summed E-state index contributed by atoms with van der Waals surface area (Å²) in [5.41, 5.74) is 0. The molecule has 0 bridgehead atoms. The first-order chi connectivity index (χ1) is 4.30. The van der Waals surface area contributed by atoms with Crippen LogP contribution in [0.5, 0.6) is 0 Å². The average molecular weight is 162 g/mol. The maximum Gasteiger partial charge on any atom is -0.0287 e. The van der Waals surface area contributed by atoms with Gasteiger partial charge in [-0.25, -0.2) is 0 Å². The molecule has 3 heteroatoms. The average Bonchev–Trinajstić information content (AvgIpc) is 1.90. The Balaban J connectivity index is 2.23. The molecular formula is C6H12NS2-. The van der Waals surface area contributed by atoms with Gasteiger partial charge in [0.05, 0.1) is 0 Å². The van der Waals surface area contributed by atoms with Crippen LogP contribution in [0.1, 0.15) is 19.3 Å². The Morgan fingerprint density at radius 1 is 1.00 bits per heavy atom. The molecule has 1 aliphatic rings. The Kier molecular flexibility index (Phi) is 3.22. The third-order valence-corrected chi connectivity index (χ3v) is 2.20. The summed E-state index contributed by atoms with van der Waals surface area (Å²) in [6.07, 6.45) is 3.96. The summed E-state index contributed by atoms with van der Waals surface area (Å²) in [4.78, 5) is 2.20. The van der Waals surface area contributed by atoms with Crippen molar-refractivity contribution in [3.63, 3.8) is 0 Å². The number of thiol groups is 2. The SMILES string of the molecule is S[C-](S)N1CCCCC1. The summed E-state index contributed by atoms with van der Waals surface area (Å²) in [5, 5.41) is 0. The lowest BCUT2D eigenvalue weighted by atomic mass is 10.1. The van der Waals surface area contributed by atoms with Crippen molar-refractivity contribution >= 4 is 25.3 Å². The van der Waals surface area contributed by atoms with Crippen LogP contribution < -0.4 is 0 Å². The van der Waals surface area contributed by atoms with Crippen LogP contribution in [0.3, 0.4) is 0 Å². The highest BCUT2D eigenvalue weighted by atomic mass is 32.2. The minimum Gasteiger partial charge on any atom is -0.434 e. The largest absolute Gasteiger partial charge is 0.434 e. The zero-order chi connectivity index (χ0) is 6.69. The number of hydrogen-bond acceptors (Lipinski definition) is 3. The molecule has 0 spiro atoms. The fraction of sp³-hybridized carbons (Fsp3) is 0.833. The second-order valence-electron chi connectivity index (χ2n) is 2.35. The van der Waals surface area contributed by atoms with E-state index in [2.05, 4.69) is 30.2 Å². The maximum atomic E-state index is 4.15. The molecule has 9 heavy (non-hydrogen) atoms. The second kappa shape index (κ2) is 3.74. The van der Waals surface area contributed by atoms with E-state index >= 15 is 0 Å². The van der Waals surface area contributed by atoms with E-state index in [4.69, 9.17) is 0 Å². The lowest BCUT2D eigenvalue weighted by Gasteiger charge is -2.39. The van der Waals surface area contributed by atoms with E-state index in [0.29, 0.717) is 0 Å². The van der Waals surface area contributed by atoms with Gasteiger partial charge in [0.2, 0.25) is 0 Å². The monoisotopic (exact) mass is 162 g/mol. The van der Waals surface area contributed by atoms with Crippen LogP contribution in [0.4, 0.5) is 0 Å². The van der Waals surface area contributed by atoms with Gasteiger partial charge in [0.25, 0.3) is 0 Å². The zero-order valence-corrected chi connectivity index (χ0v) is 7.17. The van der Waals surface area contributed by atoms with Gasteiger partial charge >= 0.3 is 0 Å². The molecule has 0 radical (unpaired) electrons. The molecule has 0 aromatic heterocycles. The summed E-state index contributed by atoms with van der Waals surface area (Å²) < 4.78 is 0.870. The number of hydrogen-bond donors (Lipinski definition) is 2. The van der Waals surface area contributed by atoms with E-state index in [1.807, 2.05) is 0 Å². The van der Waals surface area contributed by atoms with Crippen molar-refractivity contribution in [1.82, 2.24) is 4.90 Å². The van der Waals surface area contributed by atoms with Crippen LogP contribution in [0.2, 0.25) is 0 Å². The highest BCUT2D eigenvalue weighted by Crippen LogP contribution is 2.21. The van der Waals surface area contributed by atoms with Gasteiger partial charge in [-0.2, -0.15) is 4.71 Å². The second-order valence-corrected chi connectivity index (χ2v) is 3.55. The molecule has 0 saturated carbocycles. The fourth-order valence-electron chi connectivity index (χ4n) is 1.09. The number of piperidine rings is 1. The maximum absolute atomic E-state index is 4.15. The van der Waals surface area contributed by atoms with E-state index in [1.165, 1.54) is 19.3 Å². The lowest BCUT2D eigenvalue weighted by Crippen LogP contribution is -2.28. The third kappa shape index (κ3) is 2.40. The smallest absolute Gasteiger partial charge is 0.0287 e. The van der Waals surface area contributed by atoms with E-state index in [1.54, 1.807) is 0 Å². The normalized spacial score (nSPS) is 23.0. The Labute approximate surface area is 67.6 Å². The van der Waals surface area contributed by atoms with Crippen molar-refractivity contribution in [2.45, 2.75) is 19.3 Å². The molecule has 0 aliphatic carbocycles. The van der Waals surface area contributed by atoms with Crippen LogP contribution in [0.25, 0.3) is 0 Å². The summed E-state index contributed by atoms with van der Waals surface area (Å²) in [5.74, 6) is 0. The molecule has 0 aromatic carbocycles. The summed E-state index contributed by atoms with van der Waals surface area (Å²) in [6.45, 7) is 2.28. The summed E-state index contributed by atoms with van der Waals surface area (Å²) >= 11 is 8.30. The van der Waals surface area contributed by atoms with Crippen LogP contribution >= 0.6 is 25.3 Å². The summed E-state index contributed by atoms with van der Waals surface area (Å²) in [6, 6.07) is 0. The van der Waals surface area contributed by atoms with Gasteiger partial charge < -0.3 is 30.2 Å². The van der Waals surface area contributed by atoms with E-state index in [9.17, 15) is 0 Å². The molecule has 0 unspecified atom stereocenters. The molecule has 1 heterocycles. The highest BCUT2D eigenvalue weighted by Gasteiger charge is 2.04. The van der Waals surface area contributed by atoms with Crippen molar-refractivity contribution in [3.8, 4) is 0 Å². The summed E-state index contributed by atoms with van der Waals surface area (Å²) in [7, 11) is 0. The van der Waals surface area contributed by atoms with Crippen LogP contribution in [0.15, 0.2) is 0 Å². The van der Waals surface area contributed by atoms with Gasteiger partial charge in [0, 0.05) is 0 Å². The zero-order valence-electron chi connectivity index (χ0n) is 5.38. The molecule has 1 nitrogen and oxygen atoms in total. The number of likely N-dealkylation sites (tertiary alicyclic amines) is 1. The molecule has 0 atom stereocenters. The topological polar surface area (TPSA) is 3.24 Å².